The molecule has 0 amide bonds. The molecule has 0 unspecified atom stereocenters. The molecule has 0 atom stereocenters. The highest BCUT2D eigenvalue weighted by Gasteiger charge is 2.22. The molecule has 0 fully saturated rings. The highest BCUT2D eigenvalue weighted by Crippen LogP contribution is 2.27. The van der Waals surface area contributed by atoms with Gasteiger partial charge in [-0.1, -0.05) is 111 Å². The van der Waals surface area contributed by atoms with Gasteiger partial charge in [0.2, 0.25) is 0 Å². The minimum Gasteiger partial charge on any atom is -0.416 e. The van der Waals surface area contributed by atoms with Gasteiger partial charge in [-0.05, 0) is 6.42 Å². The zero-order valence-electron chi connectivity index (χ0n) is 17.0. The second kappa shape index (κ2) is 13.2. The van der Waals surface area contributed by atoms with Crippen LogP contribution >= 0.6 is 0 Å². The van der Waals surface area contributed by atoms with E-state index in [1.54, 1.807) is 6.26 Å². The first-order chi connectivity index (χ1) is 12.1. The molecule has 0 aliphatic heterocycles. The largest absolute Gasteiger partial charge is 0.416 e. The third kappa shape index (κ3) is 10.6. The summed E-state index contributed by atoms with van der Waals surface area (Å²) in [5, 5.41) is 0. The van der Waals surface area contributed by atoms with Crippen LogP contribution in [-0.4, -0.2) is 4.98 Å². The number of aromatic nitrogens is 1. The Hall–Kier alpha value is -0.990. The molecule has 0 saturated carbocycles. The zero-order chi connectivity index (χ0) is 18.4. The lowest BCUT2D eigenvalue weighted by Gasteiger charge is -2.22. The number of unbranched alkanes of at least 4 members (excludes halogenated alkanes) is 13. The summed E-state index contributed by atoms with van der Waals surface area (Å²) in [5.74, 6) is -0.343. The number of hydrogen-bond acceptors (Lipinski definition) is 2. The van der Waals surface area contributed by atoms with Crippen molar-refractivity contribution in [3.8, 4) is 0 Å². The van der Waals surface area contributed by atoms with Crippen molar-refractivity contribution in [3.63, 3.8) is 0 Å². The van der Waals surface area contributed by atoms with E-state index < -0.39 is 0 Å². The third-order valence-electron chi connectivity index (χ3n) is 5.41. The predicted molar refractivity (Wildman–Crippen MR) is 107 cm³/mol. The molecule has 1 rings (SSSR count). The molecule has 1 heterocycles. The minimum atomic E-state index is -0.343. The summed E-state index contributed by atoms with van der Waals surface area (Å²) in [6.45, 7) is 6.63. The number of rotatable bonds is 16. The second-order valence-electron chi connectivity index (χ2n) is 8.29. The van der Waals surface area contributed by atoms with E-state index in [1.807, 2.05) is 0 Å². The number of oxazole rings is 1. The van der Waals surface area contributed by atoms with Crippen LogP contribution < -0.4 is 5.76 Å². The molecular weight excluding hydrogens is 310 g/mol. The molecule has 3 nitrogen and oxygen atoms in total. The van der Waals surface area contributed by atoms with Gasteiger partial charge in [0.25, 0.3) is 0 Å². The SMILES string of the molecule is CCCCCCCCCCCCCCCCC(C)(C)c1coc(=O)[nH]1. The van der Waals surface area contributed by atoms with Gasteiger partial charge in [-0.2, -0.15) is 0 Å². The van der Waals surface area contributed by atoms with Gasteiger partial charge >= 0.3 is 5.76 Å². The van der Waals surface area contributed by atoms with E-state index in [4.69, 9.17) is 4.42 Å². The Kier molecular flexibility index (Phi) is 11.7. The van der Waals surface area contributed by atoms with Crippen LogP contribution in [0.1, 0.15) is 123 Å². The van der Waals surface area contributed by atoms with Crippen LogP contribution in [0.25, 0.3) is 0 Å². The zero-order valence-corrected chi connectivity index (χ0v) is 17.0. The maximum absolute atomic E-state index is 11.1. The van der Waals surface area contributed by atoms with Crippen molar-refractivity contribution in [2.24, 2.45) is 0 Å². The molecule has 146 valence electrons. The Bertz CT molecular complexity index is 472. The Balaban J connectivity index is 1.88. The Morgan fingerprint density at radius 2 is 1.24 bits per heavy atom. The monoisotopic (exact) mass is 351 g/mol. The maximum atomic E-state index is 11.1. The Labute approximate surface area is 155 Å². The normalized spacial score (nSPS) is 12.0. The second-order valence-corrected chi connectivity index (χ2v) is 8.29. The van der Waals surface area contributed by atoms with Gasteiger partial charge < -0.3 is 4.42 Å². The van der Waals surface area contributed by atoms with E-state index in [9.17, 15) is 4.79 Å². The summed E-state index contributed by atoms with van der Waals surface area (Å²) >= 11 is 0. The molecule has 1 aromatic heterocycles. The lowest BCUT2D eigenvalue weighted by molar-refractivity contribution is 0.428. The summed E-state index contributed by atoms with van der Waals surface area (Å²) in [4.78, 5) is 13.9. The lowest BCUT2D eigenvalue weighted by atomic mass is 9.84. The predicted octanol–water partition coefficient (Wildman–Crippen LogP) is 7.12. The van der Waals surface area contributed by atoms with Gasteiger partial charge in [0.05, 0.1) is 5.69 Å². The lowest BCUT2D eigenvalue weighted by Crippen LogP contribution is -2.18. The first kappa shape index (κ1) is 22.1. The van der Waals surface area contributed by atoms with Gasteiger partial charge in [0.1, 0.15) is 6.26 Å². The summed E-state index contributed by atoms with van der Waals surface area (Å²) in [6.07, 6.45) is 22.1. The van der Waals surface area contributed by atoms with Gasteiger partial charge in [-0.25, -0.2) is 4.79 Å². The van der Waals surface area contributed by atoms with Gasteiger partial charge in [-0.3, -0.25) is 4.98 Å². The summed E-state index contributed by atoms with van der Waals surface area (Å²) in [5.41, 5.74) is 0.927. The van der Waals surface area contributed by atoms with Crippen LogP contribution in [0.5, 0.6) is 0 Å². The molecule has 3 heteroatoms. The summed E-state index contributed by atoms with van der Waals surface area (Å²) < 4.78 is 4.86. The summed E-state index contributed by atoms with van der Waals surface area (Å²) in [6, 6.07) is 0. The number of nitrogens with one attached hydrogen (secondary N) is 1. The highest BCUT2D eigenvalue weighted by molar-refractivity contribution is 5.07. The molecule has 25 heavy (non-hydrogen) atoms. The van der Waals surface area contributed by atoms with Gasteiger partial charge in [0, 0.05) is 5.41 Å². The van der Waals surface area contributed by atoms with Crippen molar-refractivity contribution in [1.82, 2.24) is 4.98 Å². The molecule has 0 aliphatic rings. The van der Waals surface area contributed by atoms with E-state index in [2.05, 4.69) is 25.8 Å². The molecule has 0 saturated heterocycles. The van der Waals surface area contributed by atoms with Crippen molar-refractivity contribution in [3.05, 3.63) is 22.5 Å². The van der Waals surface area contributed by atoms with Crippen LogP contribution in [0.3, 0.4) is 0 Å². The quantitative estimate of drug-likeness (QED) is 0.322. The Morgan fingerprint density at radius 3 is 1.64 bits per heavy atom. The summed E-state index contributed by atoms with van der Waals surface area (Å²) in [7, 11) is 0. The standard InChI is InChI=1S/C22H41NO2/c1-4-5-6-7-8-9-10-11-12-13-14-15-16-17-18-22(2,3)20-19-25-21(24)23-20/h19H,4-18H2,1-3H3,(H,23,24). The molecule has 0 spiro atoms. The van der Waals surface area contributed by atoms with Crippen molar-refractivity contribution in [2.45, 2.75) is 122 Å². The fraction of sp³-hybridized carbons (Fsp3) is 0.864. The topological polar surface area (TPSA) is 46.0 Å². The fourth-order valence-corrected chi connectivity index (χ4v) is 3.51. The maximum Gasteiger partial charge on any atom is 0.416 e. The van der Waals surface area contributed by atoms with E-state index in [1.165, 1.54) is 89.9 Å². The van der Waals surface area contributed by atoms with E-state index in [0.29, 0.717) is 0 Å². The average Bonchev–Trinajstić information content (AvgIpc) is 3.02. The molecule has 0 bridgehead atoms. The van der Waals surface area contributed by atoms with E-state index >= 15 is 0 Å². The Morgan fingerprint density at radius 1 is 0.800 bits per heavy atom. The van der Waals surface area contributed by atoms with Crippen molar-refractivity contribution >= 4 is 0 Å². The number of H-pyrrole nitrogens is 1. The smallest absolute Gasteiger partial charge is 0.416 e. The number of hydrogen-bond donors (Lipinski definition) is 1. The molecule has 0 radical (unpaired) electrons. The molecule has 0 aliphatic carbocycles. The van der Waals surface area contributed by atoms with Crippen molar-refractivity contribution < 1.29 is 4.42 Å². The molecule has 1 N–H and O–H groups in total. The van der Waals surface area contributed by atoms with Crippen LogP contribution in [0.2, 0.25) is 0 Å². The molecule has 0 aromatic carbocycles. The van der Waals surface area contributed by atoms with Crippen molar-refractivity contribution in [1.29, 1.82) is 0 Å². The number of aromatic amines is 1. The third-order valence-corrected chi connectivity index (χ3v) is 5.41. The highest BCUT2D eigenvalue weighted by atomic mass is 16.4. The van der Waals surface area contributed by atoms with Crippen LogP contribution in [0, 0.1) is 0 Å². The van der Waals surface area contributed by atoms with E-state index in [-0.39, 0.29) is 11.2 Å². The van der Waals surface area contributed by atoms with Gasteiger partial charge in [-0.15, -0.1) is 0 Å². The van der Waals surface area contributed by atoms with Gasteiger partial charge in [0.15, 0.2) is 0 Å². The average molecular weight is 352 g/mol. The fourth-order valence-electron chi connectivity index (χ4n) is 3.51. The molecule has 1 aromatic rings. The van der Waals surface area contributed by atoms with Crippen LogP contribution in [-0.2, 0) is 5.41 Å². The van der Waals surface area contributed by atoms with Crippen molar-refractivity contribution in [2.75, 3.05) is 0 Å². The first-order valence-corrected chi connectivity index (χ1v) is 10.7. The van der Waals surface area contributed by atoms with Crippen LogP contribution in [0.4, 0.5) is 0 Å². The minimum absolute atomic E-state index is 0.00326. The van der Waals surface area contributed by atoms with E-state index in [0.717, 1.165) is 12.1 Å². The van der Waals surface area contributed by atoms with Crippen LogP contribution in [0.15, 0.2) is 15.5 Å². The first-order valence-electron chi connectivity index (χ1n) is 10.7. The molecular formula is C22H41NO2.